The molecule has 1 atom stereocenters. The number of hydrogen-bond acceptors (Lipinski definition) is 3. The fourth-order valence-corrected chi connectivity index (χ4v) is 1.47. The SMILES string of the molecule is COCC(CCN)NC(=O)Nc1ccccc1. The Morgan fingerprint density at radius 3 is 2.71 bits per heavy atom. The summed E-state index contributed by atoms with van der Waals surface area (Å²) in [5.74, 6) is 0. The van der Waals surface area contributed by atoms with Crippen molar-refractivity contribution in [3.05, 3.63) is 30.3 Å². The van der Waals surface area contributed by atoms with Crippen molar-refractivity contribution in [3.63, 3.8) is 0 Å². The van der Waals surface area contributed by atoms with Gasteiger partial charge in [0, 0.05) is 12.8 Å². The summed E-state index contributed by atoms with van der Waals surface area (Å²) in [6, 6.07) is 8.97. The van der Waals surface area contributed by atoms with Crippen LogP contribution in [0.15, 0.2) is 30.3 Å². The van der Waals surface area contributed by atoms with Gasteiger partial charge in [-0.2, -0.15) is 0 Å². The molecule has 0 radical (unpaired) electrons. The quantitative estimate of drug-likeness (QED) is 0.695. The number of methoxy groups -OCH3 is 1. The van der Waals surface area contributed by atoms with Gasteiger partial charge in [-0.3, -0.25) is 0 Å². The minimum atomic E-state index is -0.244. The van der Waals surface area contributed by atoms with Gasteiger partial charge in [-0.25, -0.2) is 4.79 Å². The number of carbonyl (C=O) groups is 1. The lowest BCUT2D eigenvalue weighted by molar-refractivity contribution is 0.164. The van der Waals surface area contributed by atoms with Crippen LogP contribution in [0.1, 0.15) is 6.42 Å². The van der Waals surface area contributed by atoms with Crippen molar-refractivity contribution in [1.82, 2.24) is 5.32 Å². The first kappa shape index (κ1) is 13.5. The van der Waals surface area contributed by atoms with E-state index >= 15 is 0 Å². The van der Waals surface area contributed by atoms with Crippen molar-refractivity contribution in [2.45, 2.75) is 12.5 Å². The summed E-state index contributed by atoms with van der Waals surface area (Å²) in [5.41, 5.74) is 6.22. The number of amides is 2. The average Bonchev–Trinajstić information content (AvgIpc) is 2.30. The lowest BCUT2D eigenvalue weighted by atomic mass is 10.2. The van der Waals surface area contributed by atoms with E-state index in [1.165, 1.54) is 0 Å². The van der Waals surface area contributed by atoms with Gasteiger partial charge >= 0.3 is 6.03 Å². The monoisotopic (exact) mass is 237 g/mol. The van der Waals surface area contributed by atoms with E-state index < -0.39 is 0 Å². The molecule has 5 nitrogen and oxygen atoms in total. The molecular weight excluding hydrogens is 218 g/mol. The van der Waals surface area contributed by atoms with Crippen molar-refractivity contribution in [2.75, 3.05) is 25.6 Å². The molecular formula is C12H19N3O2. The maximum atomic E-state index is 11.7. The fourth-order valence-electron chi connectivity index (χ4n) is 1.47. The number of urea groups is 1. The van der Waals surface area contributed by atoms with Gasteiger partial charge in [-0.05, 0) is 25.1 Å². The molecule has 0 saturated heterocycles. The molecule has 0 aliphatic carbocycles. The summed E-state index contributed by atoms with van der Waals surface area (Å²) in [5, 5.41) is 5.56. The van der Waals surface area contributed by atoms with Crippen LogP contribution in [0.25, 0.3) is 0 Å². The second-order valence-electron chi connectivity index (χ2n) is 3.69. The first-order chi connectivity index (χ1) is 8.26. The van der Waals surface area contributed by atoms with Crippen molar-refractivity contribution >= 4 is 11.7 Å². The highest BCUT2D eigenvalue weighted by Gasteiger charge is 2.10. The molecule has 0 aliphatic rings. The molecule has 4 N–H and O–H groups in total. The van der Waals surface area contributed by atoms with E-state index in [2.05, 4.69) is 10.6 Å². The zero-order valence-corrected chi connectivity index (χ0v) is 9.98. The Bertz CT molecular complexity index is 324. The van der Waals surface area contributed by atoms with E-state index in [1.54, 1.807) is 7.11 Å². The van der Waals surface area contributed by atoms with Gasteiger partial charge in [0.2, 0.25) is 0 Å². The third-order valence-electron chi connectivity index (χ3n) is 2.25. The van der Waals surface area contributed by atoms with Crippen LogP contribution in [-0.4, -0.2) is 32.3 Å². The van der Waals surface area contributed by atoms with Crippen LogP contribution in [0.5, 0.6) is 0 Å². The van der Waals surface area contributed by atoms with Gasteiger partial charge in [-0.15, -0.1) is 0 Å². The third-order valence-corrected chi connectivity index (χ3v) is 2.25. The maximum Gasteiger partial charge on any atom is 0.319 e. The van der Waals surface area contributed by atoms with Gasteiger partial charge in [0.25, 0.3) is 0 Å². The summed E-state index contributed by atoms with van der Waals surface area (Å²) < 4.78 is 5.01. The predicted octanol–water partition coefficient (Wildman–Crippen LogP) is 1.17. The van der Waals surface area contributed by atoms with Crippen LogP contribution in [0.3, 0.4) is 0 Å². The number of nitrogens with two attached hydrogens (primary N) is 1. The molecule has 0 aliphatic heterocycles. The van der Waals surface area contributed by atoms with Crippen molar-refractivity contribution in [1.29, 1.82) is 0 Å². The minimum Gasteiger partial charge on any atom is -0.383 e. The first-order valence-corrected chi connectivity index (χ1v) is 5.58. The van der Waals surface area contributed by atoms with E-state index in [1.807, 2.05) is 30.3 Å². The molecule has 1 aromatic carbocycles. The lowest BCUT2D eigenvalue weighted by Crippen LogP contribution is -2.41. The number of rotatable bonds is 6. The van der Waals surface area contributed by atoms with Crippen LogP contribution in [-0.2, 0) is 4.74 Å². The number of nitrogens with one attached hydrogen (secondary N) is 2. The zero-order valence-electron chi connectivity index (χ0n) is 9.98. The standard InChI is InChI=1S/C12H19N3O2/c1-17-9-11(7-8-13)15-12(16)14-10-5-3-2-4-6-10/h2-6,11H,7-9,13H2,1H3,(H2,14,15,16). The molecule has 0 spiro atoms. The molecule has 2 amide bonds. The summed E-state index contributed by atoms with van der Waals surface area (Å²) >= 11 is 0. The largest absolute Gasteiger partial charge is 0.383 e. The predicted molar refractivity (Wildman–Crippen MR) is 67.9 cm³/mol. The average molecular weight is 237 g/mol. The Labute approximate surface area is 101 Å². The van der Waals surface area contributed by atoms with Crippen molar-refractivity contribution in [2.24, 2.45) is 5.73 Å². The Morgan fingerprint density at radius 2 is 2.12 bits per heavy atom. The fraction of sp³-hybridized carbons (Fsp3) is 0.417. The van der Waals surface area contributed by atoms with Crippen LogP contribution >= 0.6 is 0 Å². The third kappa shape index (κ3) is 5.33. The number of benzene rings is 1. The van der Waals surface area contributed by atoms with Crippen molar-refractivity contribution in [3.8, 4) is 0 Å². The number of anilines is 1. The molecule has 0 bridgehead atoms. The molecule has 17 heavy (non-hydrogen) atoms. The molecule has 0 heterocycles. The molecule has 0 aromatic heterocycles. The molecule has 1 aromatic rings. The maximum absolute atomic E-state index is 11.7. The second kappa shape index (κ2) is 7.65. The van der Waals surface area contributed by atoms with E-state index in [4.69, 9.17) is 10.5 Å². The normalized spacial score (nSPS) is 11.9. The van der Waals surface area contributed by atoms with Gasteiger partial charge in [0.1, 0.15) is 0 Å². The minimum absolute atomic E-state index is 0.0614. The molecule has 1 unspecified atom stereocenters. The molecule has 0 fully saturated rings. The van der Waals surface area contributed by atoms with E-state index in [-0.39, 0.29) is 12.1 Å². The zero-order chi connectivity index (χ0) is 12.5. The molecule has 0 saturated carbocycles. The van der Waals surface area contributed by atoms with E-state index in [0.717, 1.165) is 5.69 Å². The van der Waals surface area contributed by atoms with Gasteiger partial charge in [0.15, 0.2) is 0 Å². The summed E-state index contributed by atoms with van der Waals surface area (Å²) in [4.78, 5) is 11.7. The van der Waals surface area contributed by atoms with Crippen LogP contribution in [0.4, 0.5) is 10.5 Å². The van der Waals surface area contributed by atoms with E-state index in [0.29, 0.717) is 19.6 Å². The lowest BCUT2D eigenvalue weighted by Gasteiger charge is -2.17. The van der Waals surface area contributed by atoms with Crippen LogP contribution < -0.4 is 16.4 Å². The number of carbonyl (C=O) groups excluding carboxylic acids is 1. The van der Waals surface area contributed by atoms with E-state index in [9.17, 15) is 4.79 Å². The Kier molecular flexibility index (Phi) is 6.06. The smallest absolute Gasteiger partial charge is 0.319 e. The van der Waals surface area contributed by atoms with Crippen LogP contribution in [0, 0.1) is 0 Å². The second-order valence-corrected chi connectivity index (χ2v) is 3.69. The highest BCUT2D eigenvalue weighted by Crippen LogP contribution is 2.04. The number of ether oxygens (including phenoxy) is 1. The Hall–Kier alpha value is -1.59. The summed E-state index contributed by atoms with van der Waals surface area (Å²) in [6.45, 7) is 0.971. The van der Waals surface area contributed by atoms with Crippen LogP contribution in [0.2, 0.25) is 0 Å². The van der Waals surface area contributed by atoms with Crippen molar-refractivity contribution < 1.29 is 9.53 Å². The highest BCUT2D eigenvalue weighted by atomic mass is 16.5. The summed E-state index contributed by atoms with van der Waals surface area (Å²) in [6.07, 6.45) is 0.691. The Balaban J connectivity index is 2.42. The molecule has 1 rings (SSSR count). The Morgan fingerprint density at radius 1 is 1.41 bits per heavy atom. The van der Waals surface area contributed by atoms with Gasteiger partial charge in [-0.1, -0.05) is 18.2 Å². The molecule has 5 heteroatoms. The number of para-hydroxylation sites is 1. The first-order valence-electron chi connectivity index (χ1n) is 5.58. The number of hydrogen-bond donors (Lipinski definition) is 3. The summed E-state index contributed by atoms with van der Waals surface area (Å²) in [7, 11) is 1.60. The van der Waals surface area contributed by atoms with Gasteiger partial charge < -0.3 is 21.1 Å². The highest BCUT2D eigenvalue weighted by molar-refractivity contribution is 5.89. The van der Waals surface area contributed by atoms with Gasteiger partial charge in [0.05, 0.1) is 12.6 Å². The topological polar surface area (TPSA) is 76.4 Å². The molecule has 94 valence electrons.